The molecule has 3 heteroatoms. The van der Waals surface area contributed by atoms with Crippen LogP contribution >= 0.6 is 0 Å². The minimum absolute atomic E-state index is 0.604. The third-order valence-electron chi connectivity index (χ3n) is 2.64. The van der Waals surface area contributed by atoms with Gasteiger partial charge in [0.25, 0.3) is 0 Å². The first-order valence-corrected chi connectivity index (χ1v) is 6.08. The van der Waals surface area contributed by atoms with Gasteiger partial charge in [0.1, 0.15) is 5.75 Å². The van der Waals surface area contributed by atoms with Crippen LogP contribution in [0.4, 0.5) is 0 Å². The standard InChI is InChI=1S/C14H20N2O/c1-12-6-5-7-13(8-10-16)14(12)17-11-4-2-3-9-15/h5-7H,2-4,8,10-11,16H2,1H3. The van der Waals surface area contributed by atoms with E-state index < -0.39 is 0 Å². The van der Waals surface area contributed by atoms with Crippen molar-refractivity contribution in [3.8, 4) is 11.8 Å². The highest BCUT2D eigenvalue weighted by Crippen LogP contribution is 2.23. The van der Waals surface area contributed by atoms with Gasteiger partial charge >= 0.3 is 0 Å². The van der Waals surface area contributed by atoms with Gasteiger partial charge in [0.2, 0.25) is 0 Å². The summed E-state index contributed by atoms with van der Waals surface area (Å²) in [6.07, 6.45) is 3.26. The first-order chi connectivity index (χ1) is 8.29. The average molecular weight is 232 g/mol. The van der Waals surface area contributed by atoms with Gasteiger partial charge in [-0.1, -0.05) is 18.2 Å². The highest BCUT2D eigenvalue weighted by Gasteiger charge is 2.05. The van der Waals surface area contributed by atoms with Crippen molar-refractivity contribution in [3.63, 3.8) is 0 Å². The number of nitrogens with two attached hydrogens (primary N) is 1. The average Bonchev–Trinajstić information content (AvgIpc) is 2.32. The van der Waals surface area contributed by atoms with E-state index >= 15 is 0 Å². The van der Waals surface area contributed by atoms with Gasteiger partial charge in [0.05, 0.1) is 12.7 Å². The zero-order valence-electron chi connectivity index (χ0n) is 10.4. The maximum atomic E-state index is 8.44. The number of rotatable bonds is 7. The van der Waals surface area contributed by atoms with Gasteiger partial charge in [-0.15, -0.1) is 0 Å². The molecule has 0 spiro atoms. The predicted octanol–water partition coefficient (Wildman–Crippen LogP) is 2.57. The lowest BCUT2D eigenvalue weighted by atomic mass is 10.1. The van der Waals surface area contributed by atoms with Crippen molar-refractivity contribution >= 4 is 0 Å². The molecule has 0 aliphatic heterocycles. The lowest BCUT2D eigenvalue weighted by molar-refractivity contribution is 0.302. The minimum Gasteiger partial charge on any atom is -0.493 e. The molecule has 3 nitrogen and oxygen atoms in total. The lowest BCUT2D eigenvalue weighted by Crippen LogP contribution is -2.07. The lowest BCUT2D eigenvalue weighted by Gasteiger charge is -2.13. The summed E-state index contributed by atoms with van der Waals surface area (Å²) >= 11 is 0. The van der Waals surface area contributed by atoms with Crippen LogP contribution in [0.3, 0.4) is 0 Å². The Hall–Kier alpha value is -1.53. The number of hydrogen-bond donors (Lipinski definition) is 1. The molecule has 2 N–H and O–H groups in total. The molecule has 0 saturated carbocycles. The van der Waals surface area contributed by atoms with Crippen molar-refractivity contribution in [1.82, 2.24) is 0 Å². The molecule has 0 aromatic heterocycles. The second-order valence-electron chi connectivity index (χ2n) is 4.07. The van der Waals surface area contributed by atoms with E-state index in [1.807, 2.05) is 19.1 Å². The molecule has 0 bridgehead atoms. The van der Waals surface area contributed by atoms with Crippen LogP contribution in [0.1, 0.15) is 30.4 Å². The zero-order valence-corrected chi connectivity index (χ0v) is 10.4. The Morgan fingerprint density at radius 1 is 1.35 bits per heavy atom. The molecule has 0 atom stereocenters. The molecule has 0 aliphatic carbocycles. The molecule has 1 aromatic carbocycles. The molecular formula is C14H20N2O. The number of para-hydroxylation sites is 1. The SMILES string of the molecule is Cc1cccc(CCN)c1OCCCCC#N. The highest BCUT2D eigenvalue weighted by atomic mass is 16.5. The first kappa shape index (κ1) is 13.5. The van der Waals surface area contributed by atoms with Gasteiger partial charge in [0, 0.05) is 6.42 Å². The van der Waals surface area contributed by atoms with E-state index in [0.29, 0.717) is 19.6 Å². The van der Waals surface area contributed by atoms with E-state index in [4.69, 9.17) is 15.7 Å². The molecule has 0 fully saturated rings. The number of nitrogens with zero attached hydrogens (tertiary/aromatic N) is 1. The fourth-order valence-corrected chi connectivity index (χ4v) is 1.75. The Balaban J connectivity index is 2.53. The fourth-order valence-electron chi connectivity index (χ4n) is 1.75. The van der Waals surface area contributed by atoms with Crippen LogP contribution in [0.5, 0.6) is 5.75 Å². The highest BCUT2D eigenvalue weighted by molar-refractivity contribution is 5.40. The molecular weight excluding hydrogens is 212 g/mol. The van der Waals surface area contributed by atoms with Crippen LogP contribution in [0, 0.1) is 18.3 Å². The molecule has 1 rings (SSSR count). The topological polar surface area (TPSA) is 59.0 Å². The van der Waals surface area contributed by atoms with Crippen LogP contribution in [-0.2, 0) is 6.42 Å². The van der Waals surface area contributed by atoms with E-state index in [1.54, 1.807) is 0 Å². The molecule has 0 unspecified atom stereocenters. The Labute approximate surface area is 103 Å². The van der Waals surface area contributed by atoms with E-state index in [1.165, 1.54) is 5.56 Å². The maximum Gasteiger partial charge on any atom is 0.125 e. The van der Waals surface area contributed by atoms with Gasteiger partial charge in [-0.3, -0.25) is 0 Å². The largest absolute Gasteiger partial charge is 0.493 e. The smallest absolute Gasteiger partial charge is 0.125 e. The predicted molar refractivity (Wildman–Crippen MR) is 68.9 cm³/mol. The maximum absolute atomic E-state index is 8.44. The molecule has 0 aliphatic rings. The number of unbranched alkanes of at least 4 members (excludes halogenated alkanes) is 2. The molecule has 0 saturated heterocycles. The van der Waals surface area contributed by atoms with Crippen molar-refractivity contribution < 1.29 is 4.74 Å². The summed E-state index contributed by atoms with van der Waals surface area (Å²) in [5.74, 6) is 0.968. The van der Waals surface area contributed by atoms with Crippen LogP contribution in [0.2, 0.25) is 0 Å². The summed E-state index contributed by atoms with van der Waals surface area (Å²) in [5, 5.41) is 8.44. The van der Waals surface area contributed by atoms with Crippen molar-refractivity contribution in [2.24, 2.45) is 5.73 Å². The third kappa shape index (κ3) is 4.46. The van der Waals surface area contributed by atoms with Crippen LogP contribution in [0.15, 0.2) is 18.2 Å². The number of benzene rings is 1. The second-order valence-corrected chi connectivity index (χ2v) is 4.07. The van der Waals surface area contributed by atoms with Crippen LogP contribution in [0.25, 0.3) is 0 Å². The van der Waals surface area contributed by atoms with Gasteiger partial charge in [-0.05, 0) is 43.9 Å². The quantitative estimate of drug-likeness (QED) is 0.735. The number of ether oxygens (including phenoxy) is 1. The molecule has 0 radical (unpaired) electrons. The number of hydrogen-bond acceptors (Lipinski definition) is 3. The minimum atomic E-state index is 0.604. The Morgan fingerprint density at radius 3 is 2.88 bits per heavy atom. The van der Waals surface area contributed by atoms with E-state index in [2.05, 4.69) is 12.1 Å². The van der Waals surface area contributed by atoms with E-state index in [-0.39, 0.29) is 0 Å². The van der Waals surface area contributed by atoms with E-state index in [9.17, 15) is 0 Å². The monoisotopic (exact) mass is 232 g/mol. The Kier molecular flexibility index (Phi) is 6.13. The zero-order chi connectivity index (χ0) is 12.5. The fraction of sp³-hybridized carbons (Fsp3) is 0.500. The number of aryl methyl sites for hydroxylation is 1. The van der Waals surface area contributed by atoms with Gasteiger partial charge in [-0.25, -0.2) is 0 Å². The van der Waals surface area contributed by atoms with Crippen molar-refractivity contribution in [3.05, 3.63) is 29.3 Å². The first-order valence-electron chi connectivity index (χ1n) is 6.08. The van der Waals surface area contributed by atoms with Gasteiger partial charge in [-0.2, -0.15) is 5.26 Å². The Morgan fingerprint density at radius 2 is 2.18 bits per heavy atom. The van der Waals surface area contributed by atoms with E-state index in [0.717, 1.165) is 30.6 Å². The normalized spacial score (nSPS) is 9.94. The molecule has 1 aromatic rings. The summed E-state index contributed by atoms with van der Waals surface area (Å²) in [4.78, 5) is 0. The van der Waals surface area contributed by atoms with Crippen molar-refractivity contribution in [2.75, 3.05) is 13.2 Å². The van der Waals surface area contributed by atoms with Gasteiger partial charge in [0.15, 0.2) is 0 Å². The summed E-state index contributed by atoms with van der Waals surface area (Å²) in [6.45, 7) is 3.35. The Bertz CT molecular complexity index is 382. The summed E-state index contributed by atoms with van der Waals surface area (Å²) in [5.41, 5.74) is 7.91. The van der Waals surface area contributed by atoms with Crippen molar-refractivity contribution in [1.29, 1.82) is 5.26 Å². The van der Waals surface area contributed by atoms with Crippen molar-refractivity contribution in [2.45, 2.75) is 32.6 Å². The number of nitriles is 1. The molecule has 92 valence electrons. The summed E-state index contributed by atoms with van der Waals surface area (Å²) in [6, 6.07) is 8.27. The van der Waals surface area contributed by atoms with Crippen LogP contribution in [-0.4, -0.2) is 13.2 Å². The van der Waals surface area contributed by atoms with Crippen LogP contribution < -0.4 is 10.5 Å². The van der Waals surface area contributed by atoms with Gasteiger partial charge < -0.3 is 10.5 Å². The summed E-state index contributed by atoms with van der Waals surface area (Å²) < 4.78 is 5.80. The third-order valence-corrected chi connectivity index (χ3v) is 2.64. The molecule has 17 heavy (non-hydrogen) atoms. The summed E-state index contributed by atoms with van der Waals surface area (Å²) in [7, 11) is 0. The molecule has 0 heterocycles. The molecule has 0 amide bonds. The second kappa shape index (κ2) is 7.70.